The SMILES string of the molecule is C=C/C=C\C=C(\c1cccc(C(=O)NC)c1)N(O)NC(C)C1CC1.CC.CC. The average Bonchev–Trinajstić information content (AvgIpc) is 3.59. The van der Waals surface area contributed by atoms with Crippen molar-refractivity contribution in [3.05, 3.63) is 66.3 Å². The zero-order chi connectivity index (χ0) is 21.5. The summed E-state index contributed by atoms with van der Waals surface area (Å²) in [5, 5.41) is 14.1. The summed E-state index contributed by atoms with van der Waals surface area (Å²) in [6.45, 7) is 13.7. The van der Waals surface area contributed by atoms with Gasteiger partial charge >= 0.3 is 0 Å². The Hall–Kier alpha value is -2.37. The van der Waals surface area contributed by atoms with Crippen molar-refractivity contribution in [3.8, 4) is 0 Å². The van der Waals surface area contributed by atoms with Gasteiger partial charge in [0.25, 0.3) is 5.91 Å². The number of hydroxylamine groups is 1. The lowest BCUT2D eigenvalue weighted by atomic mass is 10.1. The molecule has 1 saturated carbocycles. The Morgan fingerprint density at radius 1 is 1.21 bits per heavy atom. The Balaban J connectivity index is 0.00000171. The molecule has 1 aliphatic carbocycles. The summed E-state index contributed by atoms with van der Waals surface area (Å²) in [6, 6.07) is 7.32. The number of hydrazine groups is 1. The van der Waals surface area contributed by atoms with E-state index in [0.29, 0.717) is 17.2 Å². The number of amides is 1. The second kappa shape index (κ2) is 14.7. The van der Waals surface area contributed by atoms with Crippen molar-refractivity contribution in [2.75, 3.05) is 7.05 Å². The van der Waals surface area contributed by atoms with E-state index in [1.165, 1.54) is 12.8 Å². The molecule has 1 aromatic carbocycles. The monoisotopic (exact) mass is 387 g/mol. The predicted octanol–water partition coefficient (Wildman–Crippen LogP) is 5.18. The zero-order valence-electron chi connectivity index (χ0n) is 18.2. The number of hydrogen-bond donors (Lipinski definition) is 3. The zero-order valence-corrected chi connectivity index (χ0v) is 18.2. The third-order valence-corrected chi connectivity index (χ3v) is 4.03. The summed E-state index contributed by atoms with van der Waals surface area (Å²) in [7, 11) is 1.59. The number of nitrogens with zero attached hydrogens (tertiary/aromatic N) is 1. The molecule has 1 fully saturated rings. The highest BCUT2D eigenvalue weighted by Crippen LogP contribution is 2.32. The third-order valence-electron chi connectivity index (χ3n) is 4.03. The van der Waals surface area contributed by atoms with Gasteiger partial charge in [0, 0.05) is 24.2 Å². The number of nitrogens with one attached hydrogen (secondary N) is 2. The van der Waals surface area contributed by atoms with Crippen LogP contribution in [0.5, 0.6) is 0 Å². The second-order valence-electron chi connectivity index (χ2n) is 5.90. The van der Waals surface area contributed by atoms with Gasteiger partial charge in [0.2, 0.25) is 0 Å². The minimum atomic E-state index is -0.165. The van der Waals surface area contributed by atoms with Crippen LogP contribution in [-0.4, -0.2) is 29.4 Å². The lowest BCUT2D eigenvalue weighted by molar-refractivity contribution is -0.0867. The molecule has 28 heavy (non-hydrogen) atoms. The summed E-state index contributed by atoms with van der Waals surface area (Å²) in [5.74, 6) is 0.434. The number of hydrogen-bond acceptors (Lipinski definition) is 4. The molecule has 1 atom stereocenters. The lowest BCUT2D eigenvalue weighted by Crippen LogP contribution is -2.41. The van der Waals surface area contributed by atoms with Gasteiger partial charge in [0.15, 0.2) is 0 Å². The van der Waals surface area contributed by atoms with E-state index in [4.69, 9.17) is 0 Å². The molecule has 1 amide bonds. The first-order chi connectivity index (χ1) is 13.6. The van der Waals surface area contributed by atoms with Crippen LogP contribution in [0.1, 0.15) is 63.4 Å². The van der Waals surface area contributed by atoms with Gasteiger partial charge in [-0.3, -0.25) is 10.0 Å². The van der Waals surface area contributed by atoms with Crippen LogP contribution in [0.4, 0.5) is 0 Å². The first-order valence-electron chi connectivity index (χ1n) is 10.1. The first kappa shape index (κ1) is 25.6. The molecule has 156 valence electrons. The normalized spacial score (nSPS) is 14.2. The Labute approximate surface area is 170 Å². The van der Waals surface area contributed by atoms with E-state index >= 15 is 0 Å². The van der Waals surface area contributed by atoms with Crippen molar-refractivity contribution in [1.82, 2.24) is 15.9 Å². The number of rotatable bonds is 8. The fraction of sp³-hybridized carbons (Fsp3) is 0.435. The van der Waals surface area contributed by atoms with Gasteiger partial charge in [-0.15, -0.1) is 0 Å². The van der Waals surface area contributed by atoms with Crippen molar-refractivity contribution < 1.29 is 10.0 Å². The summed E-state index contributed by atoms with van der Waals surface area (Å²) >= 11 is 0. The number of benzene rings is 1. The highest BCUT2D eigenvalue weighted by Gasteiger charge is 2.29. The average molecular weight is 388 g/mol. The Morgan fingerprint density at radius 2 is 1.82 bits per heavy atom. The second-order valence-corrected chi connectivity index (χ2v) is 5.90. The molecule has 0 aliphatic heterocycles. The van der Waals surface area contributed by atoms with Crippen molar-refractivity contribution in [2.24, 2.45) is 5.92 Å². The molecule has 1 unspecified atom stereocenters. The molecule has 0 spiro atoms. The van der Waals surface area contributed by atoms with E-state index in [1.54, 1.807) is 49.6 Å². The van der Waals surface area contributed by atoms with Crippen molar-refractivity contribution >= 4 is 11.6 Å². The lowest BCUT2D eigenvalue weighted by Gasteiger charge is -2.25. The Kier molecular flexibility index (Phi) is 13.4. The third kappa shape index (κ3) is 8.55. The molecule has 1 aromatic rings. The largest absolute Gasteiger partial charge is 0.355 e. The first-order valence-corrected chi connectivity index (χ1v) is 10.1. The van der Waals surface area contributed by atoms with E-state index in [2.05, 4.69) is 24.2 Å². The Bertz CT molecular complexity index is 649. The molecule has 0 radical (unpaired) electrons. The molecule has 0 heterocycles. The summed E-state index contributed by atoms with van der Waals surface area (Å²) in [6.07, 6.45) is 9.38. The molecule has 2 rings (SSSR count). The van der Waals surface area contributed by atoms with Crippen LogP contribution in [0.15, 0.2) is 55.1 Å². The standard InChI is InChI=1S/C19H25N3O2.2C2H6/c1-4-5-6-10-18(22(24)21-14(2)15-11-12-15)16-8-7-9-17(13-16)19(23)20-3;2*1-2/h4-10,13-15,21,24H,1,11-12H2,2-3H3,(H,20,23);2*1-2H3/b6-5-,18-10-;;. The van der Waals surface area contributed by atoms with Crippen LogP contribution in [0.25, 0.3) is 5.70 Å². The molecule has 5 nitrogen and oxygen atoms in total. The van der Waals surface area contributed by atoms with Crippen LogP contribution in [-0.2, 0) is 0 Å². The maximum Gasteiger partial charge on any atom is 0.251 e. The molecular weight excluding hydrogens is 350 g/mol. The van der Waals surface area contributed by atoms with E-state index in [0.717, 1.165) is 10.7 Å². The minimum Gasteiger partial charge on any atom is -0.355 e. The number of carbonyl (C=O) groups excluding carboxylic acids is 1. The minimum absolute atomic E-state index is 0.165. The number of allylic oxidation sites excluding steroid dienone is 4. The van der Waals surface area contributed by atoms with Gasteiger partial charge < -0.3 is 5.32 Å². The van der Waals surface area contributed by atoms with Gasteiger partial charge in [0.1, 0.15) is 0 Å². The summed E-state index contributed by atoms with van der Waals surface area (Å²) in [4.78, 5) is 11.8. The van der Waals surface area contributed by atoms with Crippen LogP contribution in [0.2, 0.25) is 0 Å². The summed E-state index contributed by atoms with van der Waals surface area (Å²) in [5.41, 5.74) is 4.93. The molecule has 0 bridgehead atoms. The van der Waals surface area contributed by atoms with Gasteiger partial charge in [-0.1, -0.05) is 64.6 Å². The van der Waals surface area contributed by atoms with Gasteiger partial charge in [-0.2, -0.15) is 5.17 Å². The molecule has 0 aromatic heterocycles. The van der Waals surface area contributed by atoms with Crippen LogP contribution < -0.4 is 10.7 Å². The molecule has 5 heteroatoms. The van der Waals surface area contributed by atoms with Crippen molar-refractivity contribution in [3.63, 3.8) is 0 Å². The quantitative estimate of drug-likeness (QED) is 0.425. The topological polar surface area (TPSA) is 64.6 Å². The van der Waals surface area contributed by atoms with Crippen LogP contribution >= 0.6 is 0 Å². The number of carbonyl (C=O) groups is 1. The van der Waals surface area contributed by atoms with Gasteiger partial charge in [-0.25, -0.2) is 5.43 Å². The van der Waals surface area contributed by atoms with E-state index in [1.807, 2.05) is 33.8 Å². The fourth-order valence-corrected chi connectivity index (χ4v) is 2.44. The maximum absolute atomic E-state index is 11.8. The smallest absolute Gasteiger partial charge is 0.251 e. The highest BCUT2D eigenvalue weighted by atomic mass is 16.5. The molecule has 3 N–H and O–H groups in total. The maximum atomic E-state index is 11.8. The van der Waals surface area contributed by atoms with E-state index < -0.39 is 0 Å². The predicted molar refractivity (Wildman–Crippen MR) is 119 cm³/mol. The molecular formula is C23H37N3O2. The molecule has 1 aliphatic rings. The van der Waals surface area contributed by atoms with Crippen molar-refractivity contribution in [1.29, 1.82) is 0 Å². The van der Waals surface area contributed by atoms with E-state index in [9.17, 15) is 10.0 Å². The van der Waals surface area contributed by atoms with Gasteiger partial charge in [0.05, 0.1) is 5.70 Å². The van der Waals surface area contributed by atoms with Gasteiger partial charge in [-0.05, 0) is 43.9 Å². The summed E-state index contributed by atoms with van der Waals surface area (Å²) < 4.78 is 0. The fourth-order valence-electron chi connectivity index (χ4n) is 2.44. The van der Waals surface area contributed by atoms with Crippen LogP contribution in [0, 0.1) is 5.92 Å². The van der Waals surface area contributed by atoms with Crippen molar-refractivity contribution in [2.45, 2.75) is 53.5 Å². The van der Waals surface area contributed by atoms with Crippen LogP contribution in [0.3, 0.4) is 0 Å². The molecule has 0 saturated heterocycles. The Morgan fingerprint density at radius 3 is 2.36 bits per heavy atom. The highest BCUT2D eigenvalue weighted by molar-refractivity contribution is 5.94. The van der Waals surface area contributed by atoms with E-state index in [-0.39, 0.29) is 11.9 Å².